The Morgan fingerprint density at radius 3 is 2.53 bits per heavy atom. The Kier molecular flexibility index (Phi) is 4.13. The number of carbonyl (C=O) groups excluding carboxylic acids is 3. The number of fused-ring (bicyclic) bond motifs is 5. The van der Waals surface area contributed by atoms with Gasteiger partial charge in [0.15, 0.2) is 11.6 Å². The summed E-state index contributed by atoms with van der Waals surface area (Å²) in [5, 5.41) is 9.13. The molecule has 2 aliphatic carbocycles. The van der Waals surface area contributed by atoms with Gasteiger partial charge in [0.1, 0.15) is 0 Å². The molecule has 6 heteroatoms. The van der Waals surface area contributed by atoms with Gasteiger partial charge in [-0.2, -0.15) is 5.10 Å². The SMILES string of the molecule is CC(=O)Oc1nnccc1C1=c2c(ccc3c2=CC(=O)c2ccccc2-3)CCC1=O. The number of benzene rings is 2. The highest BCUT2D eigenvalue weighted by atomic mass is 16.5. The molecule has 6 nitrogen and oxygen atoms in total. The van der Waals surface area contributed by atoms with Crippen molar-refractivity contribution in [3.05, 3.63) is 75.8 Å². The molecule has 2 aliphatic rings. The molecule has 30 heavy (non-hydrogen) atoms. The normalized spacial score (nSPS) is 14.4. The van der Waals surface area contributed by atoms with E-state index in [1.807, 2.05) is 30.3 Å². The van der Waals surface area contributed by atoms with E-state index in [2.05, 4.69) is 10.2 Å². The molecule has 5 rings (SSSR count). The van der Waals surface area contributed by atoms with Crippen LogP contribution < -0.4 is 15.2 Å². The molecule has 0 bridgehead atoms. The number of Topliss-reactive ketones (excluding diaryl/α,β-unsaturated/α-hetero) is 2. The molecule has 0 atom stereocenters. The summed E-state index contributed by atoms with van der Waals surface area (Å²) < 4.78 is 5.22. The molecule has 1 heterocycles. The Balaban J connectivity index is 1.92. The van der Waals surface area contributed by atoms with Crippen molar-refractivity contribution in [2.45, 2.75) is 19.8 Å². The third kappa shape index (κ3) is 2.76. The Hall–Kier alpha value is -3.93. The van der Waals surface area contributed by atoms with Gasteiger partial charge in [-0.1, -0.05) is 36.4 Å². The third-order valence-corrected chi connectivity index (χ3v) is 5.44. The van der Waals surface area contributed by atoms with Crippen molar-refractivity contribution < 1.29 is 19.1 Å². The van der Waals surface area contributed by atoms with Crippen LogP contribution in [-0.2, 0) is 16.0 Å². The summed E-state index contributed by atoms with van der Waals surface area (Å²) in [6, 6.07) is 13.1. The fourth-order valence-electron chi connectivity index (χ4n) is 4.21. The molecule has 0 radical (unpaired) electrons. The molecule has 3 aromatic rings. The van der Waals surface area contributed by atoms with E-state index in [4.69, 9.17) is 4.74 Å². The number of esters is 1. The highest BCUT2D eigenvalue weighted by molar-refractivity contribution is 6.24. The molecule has 1 aromatic heterocycles. The zero-order valence-electron chi connectivity index (χ0n) is 16.1. The summed E-state index contributed by atoms with van der Waals surface area (Å²) in [5.74, 6) is -0.748. The fraction of sp³-hybridized carbons (Fsp3) is 0.125. The molecule has 0 saturated carbocycles. The first-order valence-electron chi connectivity index (χ1n) is 9.60. The van der Waals surface area contributed by atoms with Crippen LogP contribution in [0.4, 0.5) is 0 Å². The van der Waals surface area contributed by atoms with E-state index in [1.165, 1.54) is 13.1 Å². The largest absolute Gasteiger partial charge is 0.405 e. The second-order valence-corrected chi connectivity index (χ2v) is 7.26. The maximum absolute atomic E-state index is 13.1. The van der Waals surface area contributed by atoms with Crippen molar-refractivity contribution in [2.24, 2.45) is 0 Å². The second kappa shape index (κ2) is 6.84. The number of ether oxygens (including phenoxy) is 1. The minimum Gasteiger partial charge on any atom is -0.405 e. The lowest BCUT2D eigenvalue weighted by atomic mass is 9.82. The van der Waals surface area contributed by atoms with Gasteiger partial charge >= 0.3 is 5.97 Å². The van der Waals surface area contributed by atoms with E-state index in [0.29, 0.717) is 40.0 Å². The van der Waals surface area contributed by atoms with E-state index in [1.54, 1.807) is 18.2 Å². The van der Waals surface area contributed by atoms with Crippen LogP contribution in [0.3, 0.4) is 0 Å². The maximum atomic E-state index is 13.1. The number of carbonyl (C=O) groups is 3. The van der Waals surface area contributed by atoms with Crippen molar-refractivity contribution in [1.82, 2.24) is 10.2 Å². The topological polar surface area (TPSA) is 86.2 Å². The summed E-state index contributed by atoms with van der Waals surface area (Å²) in [7, 11) is 0. The maximum Gasteiger partial charge on any atom is 0.309 e. The fourth-order valence-corrected chi connectivity index (χ4v) is 4.21. The average molecular weight is 396 g/mol. The molecule has 2 aromatic carbocycles. The Morgan fingerprint density at radius 1 is 0.933 bits per heavy atom. The Morgan fingerprint density at radius 2 is 1.73 bits per heavy atom. The first-order chi connectivity index (χ1) is 14.5. The number of ketones is 2. The highest BCUT2D eigenvalue weighted by Gasteiger charge is 2.27. The van der Waals surface area contributed by atoms with Crippen LogP contribution in [0.2, 0.25) is 0 Å². The van der Waals surface area contributed by atoms with E-state index < -0.39 is 5.97 Å². The number of hydrogen-bond donors (Lipinski definition) is 0. The molecule has 0 amide bonds. The van der Waals surface area contributed by atoms with Crippen LogP contribution in [0.15, 0.2) is 48.7 Å². The molecule has 0 unspecified atom stereocenters. The first-order valence-corrected chi connectivity index (χ1v) is 9.60. The number of hydrogen-bond acceptors (Lipinski definition) is 6. The Labute approximate surface area is 171 Å². The van der Waals surface area contributed by atoms with Gasteiger partial charge in [0.25, 0.3) is 0 Å². The van der Waals surface area contributed by atoms with E-state index in [9.17, 15) is 14.4 Å². The van der Waals surface area contributed by atoms with Gasteiger partial charge in [0.2, 0.25) is 5.88 Å². The zero-order chi connectivity index (χ0) is 20.8. The molecule has 146 valence electrons. The van der Waals surface area contributed by atoms with Crippen molar-refractivity contribution >= 4 is 29.2 Å². The standard InChI is InChI=1S/C24H16N2O4/c1-13(27)30-24-18(10-11-25-26-24)23-20(28)9-7-14-6-8-16-15-4-2-3-5-17(15)21(29)12-19(16)22(14)23/h2-6,8,10-12H,7,9H2,1H3. The monoisotopic (exact) mass is 396 g/mol. The number of nitrogens with zero attached hydrogens (tertiary/aromatic N) is 2. The number of aryl methyl sites for hydroxylation is 1. The van der Waals surface area contributed by atoms with Gasteiger partial charge in [0.05, 0.1) is 11.8 Å². The molecular weight excluding hydrogens is 380 g/mol. The third-order valence-electron chi connectivity index (χ3n) is 5.44. The van der Waals surface area contributed by atoms with Crippen LogP contribution in [0.1, 0.15) is 34.8 Å². The van der Waals surface area contributed by atoms with Crippen LogP contribution in [0, 0.1) is 0 Å². The van der Waals surface area contributed by atoms with Gasteiger partial charge in [-0.15, -0.1) is 5.10 Å². The lowest BCUT2D eigenvalue weighted by Gasteiger charge is -2.21. The van der Waals surface area contributed by atoms with Crippen molar-refractivity contribution in [3.8, 4) is 17.0 Å². The summed E-state index contributed by atoms with van der Waals surface area (Å²) >= 11 is 0. The first kappa shape index (κ1) is 18.1. The molecule has 0 spiro atoms. The van der Waals surface area contributed by atoms with Gasteiger partial charge in [-0.05, 0) is 45.7 Å². The zero-order valence-corrected chi connectivity index (χ0v) is 16.1. The predicted octanol–water partition coefficient (Wildman–Crippen LogP) is 1.76. The van der Waals surface area contributed by atoms with Crippen molar-refractivity contribution in [1.29, 1.82) is 0 Å². The summed E-state index contributed by atoms with van der Waals surface area (Å²) in [6.45, 7) is 1.27. The molecule has 0 N–H and O–H groups in total. The highest BCUT2D eigenvalue weighted by Crippen LogP contribution is 2.28. The van der Waals surface area contributed by atoms with E-state index >= 15 is 0 Å². The van der Waals surface area contributed by atoms with E-state index in [-0.39, 0.29) is 17.4 Å². The van der Waals surface area contributed by atoms with Gasteiger partial charge in [-0.25, -0.2) is 0 Å². The van der Waals surface area contributed by atoms with Crippen LogP contribution in [0.25, 0.3) is 22.8 Å². The Bertz CT molecular complexity index is 1390. The summed E-state index contributed by atoms with van der Waals surface area (Å²) in [6.07, 6.45) is 3.95. The number of aromatic nitrogens is 2. The van der Waals surface area contributed by atoms with Gasteiger partial charge in [0, 0.05) is 24.5 Å². The van der Waals surface area contributed by atoms with Crippen molar-refractivity contribution in [2.75, 3.05) is 0 Å². The quantitative estimate of drug-likeness (QED) is 0.614. The van der Waals surface area contributed by atoms with Crippen LogP contribution >= 0.6 is 0 Å². The molecule has 0 fully saturated rings. The lowest BCUT2D eigenvalue weighted by molar-refractivity contribution is -0.132. The molecule has 0 aliphatic heterocycles. The van der Waals surface area contributed by atoms with Crippen molar-refractivity contribution in [3.63, 3.8) is 0 Å². The lowest BCUT2D eigenvalue weighted by Crippen LogP contribution is -2.40. The summed E-state index contributed by atoms with van der Waals surface area (Å²) in [4.78, 5) is 37.5. The minimum atomic E-state index is -0.549. The van der Waals surface area contributed by atoms with E-state index in [0.717, 1.165) is 16.7 Å². The number of rotatable bonds is 2. The van der Waals surface area contributed by atoms with Crippen LogP contribution in [-0.4, -0.2) is 27.7 Å². The van der Waals surface area contributed by atoms with Gasteiger partial charge in [-0.3, -0.25) is 14.4 Å². The molecular formula is C24H16N2O4. The second-order valence-electron chi connectivity index (χ2n) is 7.26. The minimum absolute atomic E-state index is 0.0126. The van der Waals surface area contributed by atoms with Gasteiger partial charge < -0.3 is 4.74 Å². The summed E-state index contributed by atoms with van der Waals surface area (Å²) in [5.41, 5.74) is 4.15. The smallest absolute Gasteiger partial charge is 0.309 e. The van der Waals surface area contributed by atoms with Crippen LogP contribution in [0.5, 0.6) is 5.88 Å². The average Bonchev–Trinajstić information content (AvgIpc) is 2.74. The molecule has 0 saturated heterocycles. The predicted molar refractivity (Wildman–Crippen MR) is 109 cm³/mol.